The van der Waals surface area contributed by atoms with Gasteiger partial charge in [-0.2, -0.15) is 31.0 Å². The van der Waals surface area contributed by atoms with Crippen molar-refractivity contribution in [1.82, 2.24) is 14.7 Å². The number of hydrogen-bond acceptors (Lipinski definition) is 8. The molecular weight excluding hydrogens is 616 g/mol. The first-order valence-electron chi connectivity index (χ1n) is 14.3. The molecule has 1 aliphatic heterocycles. The predicted molar refractivity (Wildman–Crippen MR) is 148 cm³/mol. The Morgan fingerprint density at radius 1 is 0.867 bits per heavy atom. The molecule has 0 spiro atoms. The maximum Gasteiger partial charge on any atom is 0.435 e. The van der Waals surface area contributed by atoms with E-state index in [9.17, 15) is 40.7 Å². The van der Waals surface area contributed by atoms with E-state index in [2.05, 4.69) is 5.10 Å². The fourth-order valence-corrected chi connectivity index (χ4v) is 3.90. The van der Waals surface area contributed by atoms with Crippen LogP contribution in [0.1, 0.15) is 80.1 Å². The number of ether oxygens (including phenoxy) is 3. The van der Waals surface area contributed by atoms with E-state index in [4.69, 9.17) is 19.3 Å². The number of nitrogens with zero attached hydrogens (tertiary/aromatic N) is 3. The van der Waals surface area contributed by atoms with Gasteiger partial charge in [-0.25, -0.2) is 9.59 Å². The maximum atomic E-state index is 12.8. The molecule has 0 unspecified atom stereocenters. The second-order valence-corrected chi connectivity index (χ2v) is 13.1. The third-order valence-electron chi connectivity index (χ3n) is 6.87. The minimum absolute atomic E-state index is 0.0779. The van der Waals surface area contributed by atoms with Crippen LogP contribution in [0.15, 0.2) is 24.5 Å². The summed E-state index contributed by atoms with van der Waals surface area (Å²) in [5.74, 6) is 0.0229. The molecule has 2 aliphatic carbocycles. The summed E-state index contributed by atoms with van der Waals surface area (Å²) in [7, 11) is 0. The summed E-state index contributed by atoms with van der Waals surface area (Å²) < 4.78 is 90.5. The van der Waals surface area contributed by atoms with E-state index in [1.54, 1.807) is 41.5 Å². The largest absolute Gasteiger partial charge is 0.477 e. The van der Waals surface area contributed by atoms with Crippen molar-refractivity contribution in [3.8, 4) is 5.88 Å². The van der Waals surface area contributed by atoms with Gasteiger partial charge in [0.25, 0.3) is 0 Å². The topological polar surface area (TPSA) is 120 Å². The Kier molecular flexibility index (Phi) is 11.8. The molecule has 1 amide bonds. The Morgan fingerprint density at radius 2 is 1.36 bits per heavy atom. The Balaban J connectivity index is 0.000000259. The first kappa shape index (κ1) is 37.9. The third kappa shape index (κ3) is 11.9. The molecule has 0 saturated heterocycles. The third-order valence-corrected chi connectivity index (χ3v) is 6.87. The maximum absolute atomic E-state index is 12.8. The summed E-state index contributed by atoms with van der Waals surface area (Å²) in [4.78, 5) is 35.1. The number of rotatable bonds is 6. The molecule has 0 bridgehead atoms. The smallest absolute Gasteiger partial charge is 0.435 e. The van der Waals surface area contributed by atoms with Crippen LogP contribution >= 0.6 is 0 Å². The lowest BCUT2D eigenvalue weighted by atomic mass is 10.0. The van der Waals surface area contributed by atoms with Crippen molar-refractivity contribution in [2.75, 3.05) is 19.8 Å². The van der Waals surface area contributed by atoms with Gasteiger partial charge in [-0.3, -0.25) is 9.69 Å². The van der Waals surface area contributed by atoms with Crippen LogP contribution in [-0.4, -0.2) is 81.1 Å². The summed E-state index contributed by atoms with van der Waals surface area (Å²) in [6.07, 6.45) is -4.84. The Bertz CT molecular complexity index is 1200. The van der Waals surface area contributed by atoms with Crippen LogP contribution in [0.25, 0.3) is 0 Å². The fourth-order valence-electron chi connectivity index (χ4n) is 3.90. The minimum Gasteiger partial charge on any atom is -0.477 e. The van der Waals surface area contributed by atoms with Gasteiger partial charge in [0, 0.05) is 25.1 Å². The van der Waals surface area contributed by atoms with Crippen molar-refractivity contribution in [2.45, 2.75) is 104 Å². The molecule has 10 nitrogen and oxygen atoms in total. The number of amides is 1. The monoisotopic (exact) mass is 657 g/mol. The number of ketones is 1. The zero-order valence-electron chi connectivity index (χ0n) is 26.2. The molecule has 4 rings (SSSR count). The van der Waals surface area contributed by atoms with Gasteiger partial charge in [-0.05, 0) is 86.1 Å². The van der Waals surface area contributed by atoms with Crippen LogP contribution in [0.5, 0.6) is 5.88 Å². The standard InChI is InChI=1S/C14H19F3N2O3.C9H13NO3.C6H9F3O/c1-12(2,3)22-11(20)19-8-4-10(18-19)21-9-7-13(5-6-13)14(15,16)17;1-9(2,3)13-8(12)10-5-4-7(11)6-10;7-6(8,9)5(1-2-5)3-4-10/h4,8H,5-7,9H2,1-3H3;4-5H,6H2,1-3H3;10H,1-4H2. The number of carbonyl (C=O) groups is 3. The van der Waals surface area contributed by atoms with Crippen LogP contribution in [0, 0.1) is 10.8 Å². The van der Waals surface area contributed by atoms with E-state index >= 15 is 0 Å². The summed E-state index contributed by atoms with van der Waals surface area (Å²) in [5.41, 5.74) is -4.28. The highest BCUT2D eigenvalue weighted by atomic mass is 19.4. The molecule has 256 valence electrons. The molecule has 2 saturated carbocycles. The van der Waals surface area contributed by atoms with Gasteiger partial charge in [-0.15, -0.1) is 5.10 Å². The zero-order chi connectivity index (χ0) is 34.5. The van der Waals surface area contributed by atoms with Gasteiger partial charge >= 0.3 is 24.5 Å². The van der Waals surface area contributed by atoms with E-state index in [0.717, 1.165) is 4.68 Å². The number of aliphatic hydroxyl groups is 1. The number of halogens is 6. The predicted octanol–water partition coefficient (Wildman–Crippen LogP) is 6.81. The average molecular weight is 658 g/mol. The van der Waals surface area contributed by atoms with Crippen molar-refractivity contribution in [3.63, 3.8) is 0 Å². The van der Waals surface area contributed by atoms with Crippen LogP contribution in [0.2, 0.25) is 0 Å². The molecule has 0 atom stereocenters. The van der Waals surface area contributed by atoms with Gasteiger partial charge in [0.15, 0.2) is 5.78 Å². The van der Waals surface area contributed by atoms with Gasteiger partial charge in [-0.1, -0.05) is 0 Å². The van der Waals surface area contributed by atoms with E-state index in [-0.39, 0.29) is 69.9 Å². The van der Waals surface area contributed by atoms with Crippen LogP contribution < -0.4 is 4.74 Å². The van der Waals surface area contributed by atoms with Crippen LogP contribution in [-0.2, 0) is 14.3 Å². The van der Waals surface area contributed by atoms with Crippen molar-refractivity contribution >= 4 is 18.0 Å². The SMILES string of the molecule is CC(C)(C)OC(=O)N1C=CC(=O)C1.CC(C)(C)OC(=O)n1ccc(OCCC2(C(F)(F)F)CC2)n1.OCCC1(C(F)(F)F)CC1. The first-order chi connectivity index (χ1) is 20.4. The second-order valence-electron chi connectivity index (χ2n) is 13.1. The van der Waals surface area contributed by atoms with E-state index in [1.165, 1.54) is 29.4 Å². The average Bonchev–Trinajstić information content (AvgIpc) is 3.73. The van der Waals surface area contributed by atoms with E-state index in [1.807, 2.05) is 0 Å². The Morgan fingerprint density at radius 3 is 1.73 bits per heavy atom. The highest BCUT2D eigenvalue weighted by molar-refractivity contribution is 5.96. The number of carbonyl (C=O) groups excluding carboxylic acids is 3. The normalized spacial score (nSPS) is 18.2. The minimum atomic E-state index is -4.19. The highest BCUT2D eigenvalue weighted by Crippen LogP contribution is 2.60. The van der Waals surface area contributed by atoms with Crippen molar-refractivity contribution < 1.29 is 60.0 Å². The number of aliphatic hydroxyl groups excluding tert-OH is 1. The molecule has 0 radical (unpaired) electrons. The molecule has 16 heteroatoms. The number of aromatic nitrogens is 2. The van der Waals surface area contributed by atoms with E-state index < -0.39 is 46.6 Å². The Hall–Kier alpha value is -3.30. The van der Waals surface area contributed by atoms with Gasteiger partial charge < -0.3 is 19.3 Å². The molecule has 2 fully saturated rings. The lowest BCUT2D eigenvalue weighted by Gasteiger charge is -2.22. The number of hydrogen-bond donors (Lipinski definition) is 1. The molecular formula is C29H41F6N3O7. The molecule has 2 heterocycles. The van der Waals surface area contributed by atoms with Gasteiger partial charge in [0.05, 0.1) is 24.0 Å². The summed E-state index contributed by atoms with van der Waals surface area (Å²) in [5, 5.41) is 12.1. The molecule has 3 aliphatic rings. The Labute approximate surface area is 257 Å². The molecule has 1 aromatic heterocycles. The quantitative estimate of drug-likeness (QED) is 0.332. The lowest BCUT2D eigenvalue weighted by Crippen LogP contribution is -2.33. The van der Waals surface area contributed by atoms with Crippen molar-refractivity contribution in [1.29, 1.82) is 0 Å². The second kappa shape index (κ2) is 14.0. The zero-order valence-corrected chi connectivity index (χ0v) is 26.2. The van der Waals surface area contributed by atoms with E-state index in [0.29, 0.717) is 0 Å². The first-order valence-corrected chi connectivity index (χ1v) is 14.3. The molecule has 1 N–H and O–H groups in total. The summed E-state index contributed by atoms with van der Waals surface area (Å²) in [6.45, 7) is 10.2. The fraction of sp³-hybridized carbons (Fsp3) is 0.724. The lowest BCUT2D eigenvalue weighted by molar-refractivity contribution is -0.191. The van der Waals surface area contributed by atoms with Gasteiger partial charge in [0.2, 0.25) is 5.88 Å². The van der Waals surface area contributed by atoms with Crippen molar-refractivity contribution in [2.24, 2.45) is 10.8 Å². The van der Waals surface area contributed by atoms with Crippen molar-refractivity contribution in [3.05, 3.63) is 24.5 Å². The summed E-state index contributed by atoms with van der Waals surface area (Å²) in [6, 6.07) is 1.41. The summed E-state index contributed by atoms with van der Waals surface area (Å²) >= 11 is 0. The van der Waals surface area contributed by atoms with Crippen LogP contribution in [0.3, 0.4) is 0 Å². The molecule has 0 aromatic carbocycles. The molecule has 45 heavy (non-hydrogen) atoms. The van der Waals surface area contributed by atoms with Crippen LogP contribution in [0.4, 0.5) is 35.9 Å². The highest BCUT2D eigenvalue weighted by Gasteiger charge is 2.63. The number of alkyl halides is 6. The van der Waals surface area contributed by atoms with Gasteiger partial charge in [0.1, 0.15) is 11.2 Å². The molecule has 1 aromatic rings.